The number of morpholine rings is 1. The van der Waals surface area contributed by atoms with Gasteiger partial charge in [0, 0.05) is 24.7 Å². The lowest BCUT2D eigenvalue weighted by atomic mass is 10.0. The molecule has 0 aliphatic carbocycles. The highest BCUT2D eigenvalue weighted by atomic mass is 16.5. The van der Waals surface area contributed by atoms with E-state index >= 15 is 0 Å². The Kier molecular flexibility index (Phi) is 4.75. The molecule has 0 radical (unpaired) electrons. The molecule has 1 amide bonds. The third-order valence-corrected chi connectivity index (χ3v) is 3.84. The smallest absolute Gasteiger partial charge is 0.248 e. The minimum absolute atomic E-state index is 0.0445. The van der Waals surface area contributed by atoms with Crippen LogP contribution in [-0.2, 0) is 11.3 Å². The predicted molar refractivity (Wildman–Crippen MR) is 76.4 cm³/mol. The third kappa shape index (κ3) is 3.36. The van der Waals surface area contributed by atoms with E-state index in [4.69, 9.17) is 10.5 Å². The second kappa shape index (κ2) is 6.35. The second-order valence-electron chi connectivity index (χ2n) is 5.42. The number of nitrogens with zero attached hydrogens (tertiary/aromatic N) is 1. The summed E-state index contributed by atoms with van der Waals surface area (Å²) in [5.74, 6) is -0.403. The highest BCUT2D eigenvalue weighted by molar-refractivity contribution is 5.93. The van der Waals surface area contributed by atoms with Gasteiger partial charge in [-0.1, -0.05) is 6.07 Å². The van der Waals surface area contributed by atoms with Crippen LogP contribution in [-0.4, -0.2) is 47.8 Å². The number of carbonyl (C=O) groups is 1. The molecule has 110 valence electrons. The summed E-state index contributed by atoms with van der Waals surface area (Å²) < 4.78 is 5.54. The van der Waals surface area contributed by atoms with E-state index in [-0.39, 0.29) is 12.7 Å². The average molecular weight is 278 g/mol. The Labute approximate surface area is 119 Å². The van der Waals surface area contributed by atoms with Crippen molar-refractivity contribution in [3.05, 3.63) is 34.9 Å². The van der Waals surface area contributed by atoms with Crippen molar-refractivity contribution < 1.29 is 14.6 Å². The minimum atomic E-state index is -0.403. The number of hydrogen-bond donors (Lipinski definition) is 2. The molecular formula is C15H22N2O3. The van der Waals surface area contributed by atoms with E-state index in [9.17, 15) is 9.90 Å². The molecule has 2 rings (SSSR count). The molecule has 0 spiro atoms. The van der Waals surface area contributed by atoms with Crippen LogP contribution < -0.4 is 5.73 Å². The molecule has 1 aliphatic rings. The van der Waals surface area contributed by atoms with Gasteiger partial charge in [-0.3, -0.25) is 9.69 Å². The monoisotopic (exact) mass is 278 g/mol. The lowest BCUT2D eigenvalue weighted by Gasteiger charge is -2.37. The summed E-state index contributed by atoms with van der Waals surface area (Å²) in [4.78, 5) is 13.4. The molecule has 2 unspecified atom stereocenters. The zero-order valence-electron chi connectivity index (χ0n) is 12.0. The number of benzene rings is 1. The quantitative estimate of drug-likeness (QED) is 0.849. The minimum Gasteiger partial charge on any atom is -0.394 e. The van der Waals surface area contributed by atoms with Crippen molar-refractivity contribution in [2.24, 2.45) is 5.73 Å². The van der Waals surface area contributed by atoms with Crippen molar-refractivity contribution in [1.29, 1.82) is 0 Å². The van der Waals surface area contributed by atoms with Crippen molar-refractivity contribution in [3.8, 4) is 0 Å². The Balaban J connectivity index is 2.10. The first-order chi connectivity index (χ1) is 9.51. The van der Waals surface area contributed by atoms with Crippen LogP contribution in [0.25, 0.3) is 0 Å². The van der Waals surface area contributed by atoms with Crippen LogP contribution in [0.5, 0.6) is 0 Å². The fraction of sp³-hybridized carbons (Fsp3) is 0.533. The van der Waals surface area contributed by atoms with Crippen LogP contribution >= 0.6 is 0 Å². The summed E-state index contributed by atoms with van der Waals surface area (Å²) in [6.07, 6.45) is -0.114. The molecule has 1 heterocycles. The molecular weight excluding hydrogens is 256 g/mol. The maximum atomic E-state index is 11.2. The standard InChI is InChI=1S/C15H22N2O3/c1-10-5-12(15(16)19)3-4-13(10)6-17-7-14(8-18)20-9-11(17)2/h3-5,11,14,18H,6-9H2,1-2H3,(H2,16,19). The molecule has 1 fully saturated rings. The molecule has 1 aromatic carbocycles. The van der Waals surface area contributed by atoms with Gasteiger partial charge in [0.2, 0.25) is 5.91 Å². The van der Waals surface area contributed by atoms with Crippen LogP contribution in [0.3, 0.4) is 0 Å². The number of carbonyl (C=O) groups excluding carboxylic acids is 1. The zero-order valence-corrected chi connectivity index (χ0v) is 12.0. The number of primary amides is 1. The largest absolute Gasteiger partial charge is 0.394 e. The molecule has 1 saturated heterocycles. The fourth-order valence-corrected chi connectivity index (χ4v) is 2.45. The van der Waals surface area contributed by atoms with Crippen LogP contribution in [0, 0.1) is 6.92 Å². The fourth-order valence-electron chi connectivity index (χ4n) is 2.45. The Hall–Kier alpha value is -1.43. The van der Waals surface area contributed by atoms with Gasteiger partial charge >= 0.3 is 0 Å². The van der Waals surface area contributed by atoms with Gasteiger partial charge in [0.15, 0.2) is 0 Å². The van der Waals surface area contributed by atoms with Gasteiger partial charge in [-0.05, 0) is 37.1 Å². The average Bonchev–Trinajstić information content (AvgIpc) is 2.43. The molecule has 0 aromatic heterocycles. The van der Waals surface area contributed by atoms with Gasteiger partial charge in [-0.15, -0.1) is 0 Å². The first-order valence-electron chi connectivity index (χ1n) is 6.87. The van der Waals surface area contributed by atoms with Gasteiger partial charge in [0.25, 0.3) is 0 Å². The summed E-state index contributed by atoms with van der Waals surface area (Å²) in [6.45, 7) is 6.27. The van der Waals surface area contributed by atoms with Crippen molar-refractivity contribution >= 4 is 5.91 Å². The molecule has 0 bridgehead atoms. The number of aliphatic hydroxyl groups excluding tert-OH is 1. The summed E-state index contributed by atoms with van der Waals surface area (Å²) in [5.41, 5.74) is 8.04. The van der Waals surface area contributed by atoms with Gasteiger partial charge in [0.05, 0.1) is 19.3 Å². The number of aryl methyl sites for hydroxylation is 1. The molecule has 0 saturated carbocycles. The van der Waals surface area contributed by atoms with Gasteiger partial charge in [0.1, 0.15) is 0 Å². The zero-order chi connectivity index (χ0) is 14.7. The summed E-state index contributed by atoms with van der Waals surface area (Å²) >= 11 is 0. The van der Waals surface area contributed by atoms with E-state index in [1.807, 2.05) is 19.1 Å². The van der Waals surface area contributed by atoms with Crippen LogP contribution in [0.2, 0.25) is 0 Å². The number of ether oxygens (including phenoxy) is 1. The number of rotatable bonds is 4. The highest BCUT2D eigenvalue weighted by Gasteiger charge is 2.25. The van der Waals surface area contributed by atoms with Crippen LogP contribution in [0.15, 0.2) is 18.2 Å². The molecule has 20 heavy (non-hydrogen) atoms. The topological polar surface area (TPSA) is 75.8 Å². The van der Waals surface area contributed by atoms with E-state index in [0.29, 0.717) is 24.8 Å². The molecule has 5 nitrogen and oxygen atoms in total. The van der Waals surface area contributed by atoms with E-state index in [0.717, 1.165) is 12.1 Å². The Morgan fingerprint density at radius 2 is 2.30 bits per heavy atom. The summed E-state index contributed by atoms with van der Waals surface area (Å²) in [7, 11) is 0. The maximum Gasteiger partial charge on any atom is 0.248 e. The van der Waals surface area contributed by atoms with E-state index in [1.165, 1.54) is 5.56 Å². The van der Waals surface area contributed by atoms with Crippen molar-refractivity contribution in [3.63, 3.8) is 0 Å². The van der Waals surface area contributed by atoms with Gasteiger partial charge in [-0.25, -0.2) is 0 Å². The number of amides is 1. The number of nitrogens with two attached hydrogens (primary N) is 1. The third-order valence-electron chi connectivity index (χ3n) is 3.84. The maximum absolute atomic E-state index is 11.2. The highest BCUT2D eigenvalue weighted by Crippen LogP contribution is 2.18. The molecule has 3 N–H and O–H groups in total. The summed E-state index contributed by atoms with van der Waals surface area (Å²) in [6, 6.07) is 5.85. The van der Waals surface area contributed by atoms with Crippen LogP contribution in [0.4, 0.5) is 0 Å². The van der Waals surface area contributed by atoms with Crippen LogP contribution in [0.1, 0.15) is 28.4 Å². The Bertz CT molecular complexity index is 490. The molecule has 1 aromatic rings. The number of aliphatic hydroxyl groups is 1. The van der Waals surface area contributed by atoms with Gasteiger partial charge < -0.3 is 15.6 Å². The first-order valence-corrected chi connectivity index (χ1v) is 6.87. The second-order valence-corrected chi connectivity index (χ2v) is 5.42. The van der Waals surface area contributed by atoms with E-state index < -0.39 is 5.91 Å². The first kappa shape index (κ1) is 15.0. The van der Waals surface area contributed by atoms with Crippen molar-refractivity contribution in [1.82, 2.24) is 4.90 Å². The molecule has 5 heteroatoms. The molecule has 1 aliphatic heterocycles. The predicted octanol–water partition coefficient (Wildman–Crippen LogP) is 0.676. The van der Waals surface area contributed by atoms with E-state index in [1.54, 1.807) is 6.07 Å². The van der Waals surface area contributed by atoms with Crippen molar-refractivity contribution in [2.45, 2.75) is 32.5 Å². The SMILES string of the molecule is Cc1cc(C(N)=O)ccc1CN1CC(CO)OCC1C. The molecule has 2 atom stereocenters. The normalized spacial score (nSPS) is 23.8. The Morgan fingerprint density at radius 1 is 1.55 bits per heavy atom. The summed E-state index contributed by atoms with van der Waals surface area (Å²) in [5, 5.41) is 9.21. The van der Waals surface area contributed by atoms with E-state index in [2.05, 4.69) is 11.8 Å². The lowest BCUT2D eigenvalue weighted by molar-refractivity contribution is -0.0806. The Morgan fingerprint density at radius 3 is 2.90 bits per heavy atom. The number of hydrogen-bond acceptors (Lipinski definition) is 4. The van der Waals surface area contributed by atoms with Gasteiger partial charge in [-0.2, -0.15) is 0 Å². The van der Waals surface area contributed by atoms with Crippen molar-refractivity contribution in [2.75, 3.05) is 19.8 Å². The lowest BCUT2D eigenvalue weighted by Crippen LogP contribution is -2.48.